The van der Waals surface area contributed by atoms with Crippen LogP contribution in [0, 0.1) is 17.8 Å². The molecule has 6 aliphatic rings. The fourth-order valence-electron chi connectivity index (χ4n) is 8.16. The van der Waals surface area contributed by atoms with Gasteiger partial charge in [0.1, 0.15) is 12.3 Å². The van der Waals surface area contributed by atoms with Gasteiger partial charge in [0, 0.05) is 42.1 Å². The number of hydrogen-bond acceptors (Lipinski definition) is 7. The van der Waals surface area contributed by atoms with Gasteiger partial charge in [0.25, 0.3) is 0 Å². The monoisotopic (exact) mass is 459 g/mol. The van der Waals surface area contributed by atoms with Crippen molar-refractivity contribution in [2.75, 3.05) is 11.9 Å². The van der Waals surface area contributed by atoms with Crippen LogP contribution < -0.4 is 10.6 Å². The lowest BCUT2D eigenvalue weighted by molar-refractivity contribution is -0.211. The molecule has 9 nitrogen and oxygen atoms in total. The first kappa shape index (κ1) is 22.6. The van der Waals surface area contributed by atoms with E-state index in [0.717, 1.165) is 19.3 Å². The average Bonchev–Trinajstić information content (AvgIpc) is 3.15. The van der Waals surface area contributed by atoms with E-state index in [0.29, 0.717) is 35.9 Å². The zero-order valence-electron chi connectivity index (χ0n) is 18.9. The molecule has 9 heteroatoms. The number of aliphatic carboxylic acids is 2. The molecule has 1 aliphatic carbocycles. The maximum absolute atomic E-state index is 11.6. The van der Waals surface area contributed by atoms with Gasteiger partial charge in [-0.05, 0) is 36.8 Å². The fraction of sp³-hybridized carbons (Fsp3) is 0.667. The van der Waals surface area contributed by atoms with Crippen LogP contribution in [0.5, 0.6) is 0 Å². The van der Waals surface area contributed by atoms with Gasteiger partial charge in [-0.25, -0.2) is 0 Å². The van der Waals surface area contributed by atoms with Crippen LogP contribution in [0.4, 0.5) is 5.69 Å². The minimum Gasteiger partial charge on any atom is -0.481 e. The molecule has 0 aromatic heterocycles. The van der Waals surface area contributed by atoms with Crippen molar-refractivity contribution in [3.63, 3.8) is 0 Å². The summed E-state index contributed by atoms with van der Waals surface area (Å²) in [5.41, 5.74) is 7.35. The number of nitrogens with two attached hydrogens (primary N) is 1. The van der Waals surface area contributed by atoms with Crippen LogP contribution in [0.2, 0.25) is 0 Å². The highest BCUT2D eigenvalue weighted by molar-refractivity contribution is 5.80. The third-order valence-corrected chi connectivity index (χ3v) is 9.17. The Labute approximate surface area is 192 Å². The summed E-state index contributed by atoms with van der Waals surface area (Å²) in [6.07, 6.45) is 2.02. The Morgan fingerprint density at radius 2 is 1.91 bits per heavy atom. The normalized spacial score (nSPS) is 44.0. The molecule has 11 atom stereocenters. The minimum atomic E-state index is -1.29. The Bertz CT molecular complexity index is 973. The van der Waals surface area contributed by atoms with Crippen LogP contribution in [0.1, 0.15) is 38.2 Å². The Morgan fingerprint density at radius 3 is 2.52 bits per heavy atom. The maximum atomic E-state index is 11.6. The van der Waals surface area contributed by atoms with E-state index < -0.39 is 24.4 Å². The van der Waals surface area contributed by atoms with Gasteiger partial charge in [0.05, 0.1) is 18.6 Å². The predicted octanol–water partition coefficient (Wildman–Crippen LogP) is 0.428. The van der Waals surface area contributed by atoms with Crippen molar-refractivity contribution < 1.29 is 30.0 Å². The second-order valence-corrected chi connectivity index (χ2v) is 10.3. The van der Waals surface area contributed by atoms with E-state index in [9.17, 15) is 19.8 Å². The summed E-state index contributed by atoms with van der Waals surface area (Å²) < 4.78 is 0. The maximum Gasteiger partial charge on any atom is 0.321 e. The highest BCUT2D eigenvalue weighted by atomic mass is 16.4. The zero-order chi connectivity index (χ0) is 23.8. The SMILES string of the molecule is CC[C@H]1[C@@H]2C[C@H]3[C@@H]4N(C)c5ccccc5[C@]45C[C@@H](C2[C@H]5O)N3[C@@H]1O.N[C@@H](CC(=O)O)C(=O)O. The number of aliphatic hydroxyl groups excluding tert-OH is 2. The molecule has 4 saturated heterocycles. The molecule has 2 unspecified atom stereocenters. The van der Waals surface area contributed by atoms with Gasteiger partial charge in [-0.1, -0.05) is 25.1 Å². The smallest absolute Gasteiger partial charge is 0.321 e. The van der Waals surface area contributed by atoms with Crippen LogP contribution in [0.3, 0.4) is 0 Å². The van der Waals surface area contributed by atoms with Gasteiger partial charge in [0.2, 0.25) is 0 Å². The molecule has 6 N–H and O–H groups in total. The van der Waals surface area contributed by atoms with Crippen molar-refractivity contribution in [1.29, 1.82) is 0 Å². The largest absolute Gasteiger partial charge is 0.481 e. The van der Waals surface area contributed by atoms with E-state index in [4.69, 9.17) is 15.9 Å². The lowest BCUT2D eigenvalue weighted by Gasteiger charge is -2.62. The number of rotatable bonds is 4. The molecular formula is C24H33N3O6. The Balaban J connectivity index is 0.000000219. The summed E-state index contributed by atoms with van der Waals surface area (Å²) in [5.74, 6) is -1.36. The number of aliphatic hydroxyl groups is 2. The molecule has 1 spiro atoms. The number of nitrogens with zero attached hydrogens (tertiary/aromatic N) is 2. The van der Waals surface area contributed by atoms with Gasteiger partial charge in [-0.3, -0.25) is 14.5 Å². The molecule has 7 rings (SSSR count). The minimum absolute atomic E-state index is 0.126. The van der Waals surface area contributed by atoms with E-state index in [2.05, 4.69) is 48.0 Å². The highest BCUT2D eigenvalue weighted by Crippen LogP contribution is 2.68. The lowest BCUT2D eigenvalue weighted by atomic mass is 9.62. The van der Waals surface area contributed by atoms with E-state index >= 15 is 0 Å². The van der Waals surface area contributed by atoms with Crippen molar-refractivity contribution in [2.24, 2.45) is 23.5 Å². The molecule has 5 bridgehead atoms. The van der Waals surface area contributed by atoms with Gasteiger partial charge >= 0.3 is 11.9 Å². The summed E-state index contributed by atoms with van der Waals surface area (Å²) in [6, 6.07) is 8.41. The number of para-hydroxylation sites is 1. The van der Waals surface area contributed by atoms with Crippen LogP contribution >= 0.6 is 0 Å². The Hall–Kier alpha value is -2.20. The third kappa shape index (κ3) is 2.86. The van der Waals surface area contributed by atoms with Crippen molar-refractivity contribution in [3.8, 4) is 0 Å². The number of piperidine rings is 4. The van der Waals surface area contributed by atoms with Crippen LogP contribution in [-0.4, -0.2) is 80.8 Å². The lowest BCUT2D eigenvalue weighted by Crippen LogP contribution is -2.72. The number of fused-ring (bicyclic) bond motifs is 2. The number of benzene rings is 1. The van der Waals surface area contributed by atoms with Gasteiger partial charge in [-0.15, -0.1) is 0 Å². The second-order valence-electron chi connectivity index (χ2n) is 10.3. The summed E-state index contributed by atoms with van der Waals surface area (Å²) in [6.45, 7) is 2.19. The van der Waals surface area contributed by atoms with Crippen LogP contribution in [0.15, 0.2) is 24.3 Å². The predicted molar refractivity (Wildman–Crippen MR) is 120 cm³/mol. The molecule has 180 valence electrons. The molecular weight excluding hydrogens is 426 g/mol. The van der Waals surface area contributed by atoms with Crippen LogP contribution in [0.25, 0.3) is 0 Å². The summed E-state index contributed by atoms with van der Waals surface area (Å²) in [5, 5.41) is 38.7. The Morgan fingerprint density at radius 1 is 1.21 bits per heavy atom. The molecule has 5 aliphatic heterocycles. The fourth-order valence-corrected chi connectivity index (χ4v) is 8.16. The van der Waals surface area contributed by atoms with Gasteiger partial charge in [-0.2, -0.15) is 0 Å². The van der Waals surface area contributed by atoms with Crippen molar-refractivity contribution >= 4 is 17.6 Å². The standard InChI is InChI=1S/C20H26N2O2.C4H7NO4/c1-3-10-11-8-14-17-20(12-6-4-5-7-13(12)21(17)2)9-15(16(11)18(20)23)22(14)19(10)24;5-2(4(8)9)1-3(6)7/h4-7,10-11,14-19,23-24H,3,8-9H2,1-2H3;2H,1,5H2,(H,6,7)(H,8,9)/t10-,11-,14-,15-,16?,17-,18+,19+,20+;2-/m00/s1. The first-order valence-corrected chi connectivity index (χ1v) is 11.8. The van der Waals surface area contributed by atoms with Crippen molar-refractivity contribution in [1.82, 2.24) is 4.90 Å². The average molecular weight is 460 g/mol. The number of likely N-dealkylation sites (N-methyl/N-ethyl adjacent to an activating group) is 1. The number of carboxylic acids is 2. The van der Waals surface area contributed by atoms with Crippen LogP contribution in [-0.2, 0) is 15.0 Å². The molecule has 1 aromatic rings. The van der Waals surface area contributed by atoms with E-state index in [1.807, 2.05) is 0 Å². The Kier molecular flexibility index (Phi) is 5.24. The molecule has 5 fully saturated rings. The van der Waals surface area contributed by atoms with Gasteiger partial charge < -0.3 is 31.1 Å². The molecule has 33 heavy (non-hydrogen) atoms. The topological polar surface area (TPSA) is 148 Å². The van der Waals surface area contributed by atoms with E-state index in [1.54, 1.807) is 0 Å². The van der Waals surface area contributed by atoms with Crippen molar-refractivity contribution in [3.05, 3.63) is 29.8 Å². The third-order valence-electron chi connectivity index (χ3n) is 9.17. The summed E-state index contributed by atoms with van der Waals surface area (Å²) >= 11 is 0. The van der Waals surface area contributed by atoms with Crippen molar-refractivity contribution in [2.45, 2.75) is 74.5 Å². The van der Waals surface area contributed by atoms with E-state index in [1.165, 1.54) is 11.3 Å². The number of hydrogen-bond donors (Lipinski definition) is 5. The van der Waals surface area contributed by atoms with E-state index in [-0.39, 0.29) is 17.7 Å². The number of anilines is 1. The highest BCUT2D eigenvalue weighted by Gasteiger charge is 2.76. The summed E-state index contributed by atoms with van der Waals surface area (Å²) in [7, 11) is 2.19. The molecule has 0 radical (unpaired) electrons. The zero-order valence-corrected chi connectivity index (χ0v) is 18.9. The molecule has 0 amide bonds. The molecule has 1 saturated carbocycles. The number of carboxylic acid groups (broad SMARTS) is 2. The first-order chi connectivity index (χ1) is 15.6. The number of carbonyl (C=O) groups is 2. The quantitative estimate of drug-likeness (QED) is 0.432. The molecule has 5 heterocycles. The first-order valence-electron chi connectivity index (χ1n) is 11.8. The summed E-state index contributed by atoms with van der Waals surface area (Å²) in [4.78, 5) is 24.4. The van der Waals surface area contributed by atoms with Gasteiger partial charge in [0.15, 0.2) is 0 Å². The second kappa shape index (κ2) is 7.66. The molecule has 1 aromatic carbocycles.